The summed E-state index contributed by atoms with van der Waals surface area (Å²) in [5.41, 5.74) is 0.829. The zero-order valence-electron chi connectivity index (χ0n) is 26.3. The van der Waals surface area contributed by atoms with Gasteiger partial charge >= 0.3 is 0 Å². The van der Waals surface area contributed by atoms with Gasteiger partial charge in [-0.15, -0.1) is 11.3 Å². The van der Waals surface area contributed by atoms with Crippen LogP contribution in [0.4, 0.5) is 10.1 Å². The molecule has 0 unspecified atom stereocenters. The Bertz CT molecular complexity index is 1570. The molecule has 4 atom stereocenters. The number of likely N-dealkylation sites (tertiary alicyclic amines) is 1. The van der Waals surface area contributed by atoms with Crippen LogP contribution in [0.15, 0.2) is 41.8 Å². The number of carbonyl (C=O) groups is 3. The van der Waals surface area contributed by atoms with E-state index >= 15 is 4.39 Å². The van der Waals surface area contributed by atoms with Gasteiger partial charge in [0.15, 0.2) is 0 Å². The first-order valence-electron chi connectivity index (χ1n) is 16.2. The van der Waals surface area contributed by atoms with Crippen molar-refractivity contribution in [3.05, 3.63) is 63.7 Å². The normalized spacial score (nSPS) is 27.2. The van der Waals surface area contributed by atoms with E-state index in [1.165, 1.54) is 23.5 Å². The SMILES string of the molecule is C[C@@H]1CN([C@H]2C[C@@H](COC3CCC(C=O)CC3)N(C(=O)Cc3cc(Cl)c(NC(=O)c4csc5ccccc45)cc3F)C2)C[C@H](C)O1. The Hall–Kier alpha value is -2.89. The molecule has 3 heterocycles. The zero-order chi connectivity index (χ0) is 32.4. The summed E-state index contributed by atoms with van der Waals surface area (Å²) in [6, 6.07) is 10.2. The Labute approximate surface area is 278 Å². The smallest absolute Gasteiger partial charge is 0.257 e. The van der Waals surface area contributed by atoms with Crippen molar-refractivity contribution in [3.8, 4) is 0 Å². The van der Waals surface area contributed by atoms with Crippen molar-refractivity contribution in [1.29, 1.82) is 0 Å². The topological polar surface area (TPSA) is 88.2 Å². The number of ether oxygens (including phenoxy) is 2. The summed E-state index contributed by atoms with van der Waals surface area (Å²) in [4.78, 5) is 42.3. The van der Waals surface area contributed by atoms with Crippen molar-refractivity contribution in [2.45, 2.75) is 82.8 Å². The molecule has 1 N–H and O–H groups in total. The van der Waals surface area contributed by atoms with Gasteiger partial charge in [0.05, 0.1) is 53.7 Å². The van der Waals surface area contributed by atoms with E-state index in [1.807, 2.05) is 29.2 Å². The average molecular weight is 670 g/mol. The summed E-state index contributed by atoms with van der Waals surface area (Å²) in [6.45, 7) is 6.65. The van der Waals surface area contributed by atoms with Gasteiger partial charge in [0.1, 0.15) is 12.1 Å². The van der Waals surface area contributed by atoms with Gasteiger partial charge in [-0.1, -0.05) is 29.8 Å². The van der Waals surface area contributed by atoms with Gasteiger partial charge in [-0.25, -0.2) is 4.39 Å². The van der Waals surface area contributed by atoms with E-state index in [0.717, 1.165) is 61.6 Å². The Morgan fingerprint density at radius 3 is 2.59 bits per heavy atom. The molecule has 246 valence electrons. The third-order valence-corrected chi connectivity index (χ3v) is 10.8. The van der Waals surface area contributed by atoms with E-state index in [-0.39, 0.29) is 70.8 Å². The van der Waals surface area contributed by atoms with Crippen molar-refractivity contribution in [2.75, 3.05) is 31.6 Å². The lowest BCUT2D eigenvalue weighted by atomic mass is 9.88. The number of morpholine rings is 1. The molecule has 0 radical (unpaired) electrons. The third-order valence-electron chi connectivity index (χ3n) is 9.56. The zero-order valence-corrected chi connectivity index (χ0v) is 27.8. The minimum atomic E-state index is -0.602. The highest BCUT2D eigenvalue weighted by atomic mass is 35.5. The molecule has 3 aromatic rings. The largest absolute Gasteiger partial charge is 0.376 e. The number of nitrogens with zero attached hydrogens (tertiary/aromatic N) is 2. The van der Waals surface area contributed by atoms with Crippen molar-refractivity contribution < 1.29 is 28.2 Å². The molecule has 3 aliphatic rings. The second-order valence-electron chi connectivity index (χ2n) is 13.0. The molecule has 8 nitrogen and oxygen atoms in total. The van der Waals surface area contributed by atoms with Gasteiger partial charge in [0, 0.05) is 47.1 Å². The highest BCUT2D eigenvalue weighted by Gasteiger charge is 2.40. The van der Waals surface area contributed by atoms with Crippen LogP contribution in [0.1, 0.15) is 61.9 Å². The molecule has 6 rings (SSSR count). The van der Waals surface area contributed by atoms with Crippen LogP contribution in [0.5, 0.6) is 0 Å². The first-order valence-corrected chi connectivity index (χ1v) is 17.5. The fourth-order valence-corrected chi connectivity index (χ4v) is 8.38. The fraction of sp³-hybridized carbons (Fsp3) is 0.514. The molecule has 2 aliphatic heterocycles. The van der Waals surface area contributed by atoms with E-state index in [0.29, 0.717) is 18.7 Å². The molecule has 0 spiro atoms. The number of benzene rings is 2. The lowest BCUT2D eigenvalue weighted by molar-refractivity contribution is -0.133. The summed E-state index contributed by atoms with van der Waals surface area (Å²) < 4.78 is 28.7. The number of aldehydes is 1. The summed E-state index contributed by atoms with van der Waals surface area (Å²) >= 11 is 8.00. The number of anilines is 1. The van der Waals surface area contributed by atoms with Crippen LogP contribution in [0.2, 0.25) is 5.02 Å². The lowest BCUT2D eigenvalue weighted by Crippen LogP contribution is -2.51. The van der Waals surface area contributed by atoms with Crippen LogP contribution >= 0.6 is 22.9 Å². The van der Waals surface area contributed by atoms with Crippen molar-refractivity contribution in [1.82, 2.24) is 9.80 Å². The molecule has 0 bridgehead atoms. The first kappa shape index (κ1) is 33.0. The van der Waals surface area contributed by atoms with E-state index in [2.05, 4.69) is 24.1 Å². The molecule has 1 aliphatic carbocycles. The molecule has 1 saturated carbocycles. The molecule has 2 amide bonds. The number of rotatable bonds is 9. The minimum absolute atomic E-state index is 0.0710. The number of amides is 2. The van der Waals surface area contributed by atoms with E-state index in [4.69, 9.17) is 21.1 Å². The second kappa shape index (κ2) is 14.5. The van der Waals surface area contributed by atoms with Crippen molar-refractivity contribution >= 4 is 56.8 Å². The summed E-state index contributed by atoms with van der Waals surface area (Å²) in [5.74, 6) is -1.06. The van der Waals surface area contributed by atoms with Gasteiger partial charge in [-0.2, -0.15) is 0 Å². The Morgan fingerprint density at radius 1 is 1.11 bits per heavy atom. The highest BCUT2D eigenvalue weighted by molar-refractivity contribution is 7.17. The Balaban J connectivity index is 1.14. The van der Waals surface area contributed by atoms with Crippen molar-refractivity contribution in [3.63, 3.8) is 0 Å². The number of hydrogen-bond donors (Lipinski definition) is 1. The number of nitrogens with one attached hydrogen (secondary N) is 1. The van der Waals surface area contributed by atoms with Crippen LogP contribution < -0.4 is 5.32 Å². The van der Waals surface area contributed by atoms with Gasteiger partial charge in [-0.3, -0.25) is 14.5 Å². The molecule has 46 heavy (non-hydrogen) atoms. The maximum absolute atomic E-state index is 15.5. The number of thiophene rings is 1. The summed E-state index contributed by atoms with van der Waals surface area (Å²) in [5, 5.41) is 5.50. The maximum Gasteiger partial charge on any atom is 0.257 e. The number of carbonyl (C=O) groups excluding carboxylic acids is 3. The quantitative estimate of drug-likeness (QED) is 0.268. The van der Waals surface area contributed by atoms with Gasteiger partial charge in [-0.05, 0) is 69.7 Å². The fourth-order valence-electron chi connectivity index (χ4n) is 7.20. The molecule has 1 aromatic heterocycles. The summed E-state index contributed by atoms with van der Waals surface area (Å²) in [6.07, 6.45) is 5.25. The number of hydrogen-bond acceptors (Lipinski definition) is 7. The second-order valence-corrected chi connectivity index (χ2v) is 14.3. The first-order chi connectivity index (χ1) is 22.2. The standard InChI is InChI=1S/C35H41ClFN3O5S/c1-21-15-39(16-22(2)45-21)25-13-26(19-44-27-9-7-23(18-41)8-10-27)40(17-25)34(42)12-24-11-30(36)32(14-31(24)37)38-35(43)29-20-46-33-6-4-3-5-28(29)33/h3-6,11,14,18,20-23,25-27H,7-10,12-13,15-17,19H2,1-2H3,(H,38,43)/t21-,22+,23?,25-,26-,27?/m0/s1. The molecule has 2 aromatic carbocycles. The van der Waals surface area contributed by atoms with E-state index < -0.39 is 5.82 Å². The highest BCUT2D eigenvalue weighted by Crippen LogP contribution is 2.32. The Kier molecular flexibility index (Phi) is 10.4. The van der Waals surface area contributed by atoms with Gasteiger partial charge < -0.3 is 24.5 Å². The molecule has 3 fully saturated rings. The van der Waals surface area contributed by atoms with Crippen LogP contribution in [0.25, 0.3) is 10.1 Å². The molecular weight excluding hydrogens is 629 g/mol. The van der Waals surface area contributed by atoms with Crippen LogP contribution in [0, 0.1) is 11.7 Å². The molecule has 11 heteroatoms. The average Bonchev–Trinajstić information content (AvgIpc) is 3.67. The van der Waals surface area contributed by atoms with E-state index in [1.54, 1.807) is 5.38 Å². The molecule has 2 saturated heterocycles. The van der Waals surface area contributed by atoms with Crippen LogP contribution in [-0.2, 0) is 25.5 Å². The van der Waals surface area contributed by atoms with Gasteiger partial charge in [0.2, 0.25) is 5.91 Å². The lowest BCUT2D eigenvalue weighted by Gasteiger charge is -2.38. The maximum atomic E-state index is 15.5. The monoisotopic (exact) mass is 669 g/mol. The Morgan fingerprint density at radius 2 is 1.85 bits per heavy atom. The predicted octanol–water partition coefficient (Wildman–Crippen LogP) is 6.34. The number of fused-ring (bicyclic) bond motifs is 1. The van der Waals surface area contributed by atoms with Crippen LogP contribution in [0.3, 0.4) is 0 Å². The van der Waals surface area contributed by atoms with E-state index in [9.17, 15) is 14.4 Å². The van der Waals surface area contributed by atoms with Crippen LogP contribution in [-0.4, -0.2) is 84.5 Å². The summed E-state index contributed by atoms with van der Waals surface area (Å²) in [7, 11) is 0. The van der Waals surface area contributed by atoms with Crippen molar-refractivity contribution in [2.24, 2.45) is 5.92 Å². The predicted molar refractivity (Wildman–Crippen MR) is 178 cm³/mol. The third kappa shape index (κ3) is 7.47. The minimum Gasteiger partial charge on any atom is -0.376 e. The molecular formula is C35H41ClFN3O5S. The van der Waals surface area contributed by atoms with Gasteiger partial charge in [0.25, 0.3) is 5.91 Å². The number of halogens is 2.